The molecule has 3 aromatic rings. The number of carbonyl (C=O) groups excluding carboxylic acids is 2. The number of hydrogen-bond donors (Lipinski definition) is 0. The van der Waals surface area contributed by atoms with Crippen molar-refractivity contribution in [3.05, 3.63) is 96.1 Å². The van der Waals surface area contributed by atoms with Crippen molar-refractivity contribution in [3.63, 3.8) is 0 Å². The Balaban J connectivity index is 1.42. The highest BCUT2D eigenvalue weighted by molar-refractivity contribution is 6.51. The molecule has 0 aromatic heterocycles. The molecule has 1 unspecified atom stereocenters. The summed E-state index contributed by atoms with van der Waals surface area (Å²) in [6, 6.07) is 26.8. The average molecular weight is 622 g/mol. The quantitative estimate of drug-likeness (QED) is 0.0932. The zero-order chi connectivity index (χ0) is 32.6. The zero-order valence-electron chi connectivity index (χ0n) is 28.5. The Morgan fingerprint density at radius 1 is 0.674 bits per heavy atom. The fourth-order valence-corrected chi connectivity index (χ4v) is 6.58. The molecule has 0 aliphatic carbocycles. The Labute approximate surface area is 278 Å². The van der Waals surface area contributed by atoms with Crippen LogP contribution in [0.25, 0.3) is 0 Å². The fraction of sp³-hybridized carbons (Fsp3) is 0.488. The van der Waals surface area contributed by atoms with Crippen LogP contribution in [-0.4, -0.2) is 38.0 Å². The van der Waals surface area contributed by atoms with Gasteiger partial charge >= 0.3 is 0 Å². The standard InChI is InChI=1S/C41H55N3O2/c1-4-5-6-7-8-9-10-11-12-13-14-15-16-23-32-42-38-37(40(45)34-24-19-17-20-25-34)39(33-28-30-35(31-29-33)43(2)3)44(41(38)46)36-26-21-18-22-27-36/h17-22,24-31,37,39H,4-16,23,32H2,1-3H3/t37?,39-/m0/s1. The van der Waals surface area contributed by atoms with Crippen molar-refractivity contribution in [2.75, 3.05) is 30.4 Å². The average Bonchev–Trinajstić information content (AvgIpc) is 3.38. The molecule has 0 spiro atoms. The van der Waals surface area contributed by atoms with E-state index in [2.05, 4.69) is 24.0 Å². The van der Waals surface area contributed by atoms with E-state index in [9.17, 15) is 9.59 Å². The normalized spacial score (nSPS) is 17.2. The van der Waals surface area contributed by atoms with Crippen molar-refractivity contribution < 1.29 is 9.59 Å². The number of amides is 1. The van der Waals surface area contributed by atoms with E-state index in [1.807, 2.05) is 86.9 Å². The van der Waals surface area contributed by atoms with Crippen LogP contribution in [0.2, 0.25) is 0 Å². The number of para-hydroxylation sites is 1. The summed E-state index contributed by atoms with van der Waals surface area (Å²) < 4.78 is 0. The summed E-state index contributed by atoms with van der Waals surface area (Å²) in [7, 11) is 4.02. The van der Waals surface area contributed by atoms with Gasteiger partial charge in [0.05, 0.1) is 12.0 Å². The molecule has 2 atom stereocenters. The van der Waals surface area contributed by atoms with Gasteiger partial charge in [0.2, 0.25) is 0 Å². The summed E-state index contributed by atoms with van der Waals surface area (Å²) in [5.74, 6) is -0.923. The first-order valence-electron chi connectivity index (χ1n) is 17.8. The molecule has 0 saturated carbocycles. The minimum Gasteiger partial charge on any atom is -0.378 e. The van der Waals surface area contributed by atoms with Crippen molar-refractivity contribution in [2.45, 2.75) is 103 Å². The van der Waals surface area contributed by atoms with Crippen LogP contribution >= 0.6 is 0 Å². The van der Waals surface area contributed by atoms with Gasteiger partial charge in [0.25, 0.3) is 5.91 Å². The topological polar surface area (TPSA) is 53.0 Å². The van der Waals surface area contributed by atoms with E-state index >= 15 is 0 Å². The second-order valence-corrected chi connectivity index (χ2v) is 13.0. The number of rotatable bonds is 20. The van der Waals surface area contributed by atoms with Gasteiger partial charge in [-0.25, -0.2) is 0 Å². The SMILES string of the molecule is CCCCCCCCCCCCCCCCN=C1C(=O)N(c2ccccc2)[C@@H](c2ccc(N(C)C)cc2)C1C(=O)c1ccccc1. The number of carbonyl (C=O) groups is 2. The van der Waals surface area contributed by atoms with Gasteiger partial charge in [0, 0.05) is 37.6 Å². The number of ketones is 1. The lowest BCUT2D eigenvalue weighted by molar-refractivity contribution is -0.112. The Bertz CT molecular complexity index is 1350. The summed E-state index contributed by atoms with van der Waals surface area (Å²) in [6.45, 7) is 2.84. The van der Waals surface area contributed by atoms with Crippen LogP contribution in [0.5, 0.6) is 0 Å². The Morgan fingerprint density at radius 2 is 1.17 bits per heavy atom. The zero-order valence-corrected chi connectivity index (χ0v) is 28.5. The number of Topliss-reactive ketones (excluding diaryl/α,β-unsaturated/α-hetero) is 1. The number of hydrogen-bond acceptors (Lipinski definition) is 4. The second kappa shape index (κ2) is 19.1. The van der Waals surface area contributed by atoms with Gasteiger partial charge in [-0.3, -0.25) is 19.5 Å². The van der Waals surface area contributed by atoms with Gasteiger partial charge < -0.3 is 4.90 Å². The first-order chi connectivity index (χ1) is 22.5. The molecule has 1 heterocycles. The van der Waals surface area contributed by atoms with Crippen LogP contribution in [-0.2, 0) is 4.79 Å². The Morgan fingerprint density at radius 3 is 1.70 bits per heavy atom. The van der Waals surface area contributed by atoms with E-state index in [4.69, 9.17) is 4.99 Å². The molecule has 1 amide bonds. The highest BCUT2D eigenvalue weighted by Gasteiger charge is 2.50. The molecule has 4 rings (SSSR count). The minimum atomic E-state index is -0.688. The van der Waals surface area contributed by atoms with Crippen LogP contribution in [0.4, 0.5) is 11.4 Å². The van der Waals surface area contributed by atoms with Crippen molar-refractivity contribution >= 4 is 28.8 Å². The summed E-state index contributed by atoms with van der Waals surface area (Å²) >= 11 is 0. The van der Waals surface area contributed by atoms with Crippen LogP contribution in [0, 0.1) is 5.92 Å². The highest BCUT2D eigenvalue weighted by Crippen LogP contribution is 2.42. The summed E-state index contributed by atoms with van der Waals surface area (Å²) in [4.78, 5) is 37.2. The third-order valence-corrected chi connectivity index (χ3v) is 9.25. The molecule has 0 radical (unpaired) electrons. The number of nitrogens with zero attached hydrogens (tertiary/aromatic N) is 3. The first kappa shape index (κ1) is 35.1. The smallest absolute Gasteiger partial charge is 0.273 e. The predicted molar refractivity (Wildman–Crippen MR) is 194 cm³/mol. The van der Waals surface area contributed by atoms with Gasteiger partial charge in [0.15, 0.2) is 5.78 Å². The lowest BCUT2D eigenvalue weighted by atomic mass is 9.85. The molecule has 5 heteroatoms. The summed E-state index contributed by atoms with van der Waals surface area (Å²) in [5.41, 5.74) is 3.76. The van der Waals surface area contributed by atoms with Gasteiger partial charge in [0.1, 0.15) is 5.71 Å². The van der Waals surface area contributed by atoms with E-state index in [-0.39, 0.29) is 11.7 Å². The monoisotopic (exact) mass is 621 g/mol. The molecule has 0 bridgehead atoms. The highest BCUT2D eigenvalue weighted by atomic mass is 16.2. The maximum atomic E-state index is 14.2. The molecule has 1 aliphatic heterocycles. The lowest BCUT2D eigenvalue weighted by Crippen LogP contribution is -2.30. The van der Waals surface area contributed by atoms with Crippen LogP contribution in [0.3, 0.4) is 0 Å². The Hall–Kier alpha value is -3.73. The maximum absolute atomic E-state index is 14.2. The number of unbranched alkanes of at least 4 members (excludes halogenated alkanes) is 13. The lowest BCUT2D eigenvalue weighted by Gasteiger charge is -2.28. The van der Waals surface area contributed by atoms with E-state index < -0.39 is 12.0 Å². The molecule has 246 valence electrons. The first-order valence-corrected chi connectivity index (χ1v) is 17.8. The van der Waals surface area contributed by atoms with E-state index in [0.29, 0.717) is 17.8 Å². The molecular formula is C41H55N3O2. The molecule has 1 aliphatic rings. The molecule has 1 saturated heterocycles. The van der Waals surface area contributed by atoms with E-state index in [1.165, 1.54) is 77.0 Å². The molecule has 3 aromatic carbocycles. The van der Waals surface area contributed by atoms with Crippen LogP contribution < -0.4 is 9.80 Å². The predicted octanol–water partition coefficient (Wildman–Crippen LogP) is 10.3. The number of anilines is 2. The summed E-state index contributed by atoms with van der Waals surface area (Å²) in [5, 5.41) is 0. The van der Waals surface area contributed by atoms with Crippen molar-refractivity contribution in [3.8, 4) is 0 Å². The molecule has 0 N–H and O–H groups in total. The Kier molecular flexibility index (Phi) is 14.5. The maximum Gasteiger partial charge on any atom is 0.273 e. The van der Waals surface area contributed by atoms with Gasteiger partial charge in [-0.15, -0.1) is 0 Å². The minimum absolute atomic E-state index is 0.0613. The van der Waals surface area contributed by atoms with Crippen LogP contribution in [0.1, 0.15) is 119 Å². The largest absolute Gasteiger partial charge is 0.378 e. The van der Waals surface area contributed by atoms with Crippen molar-refractivity contribution in [1.82, 2.24) is 0 Å². The van der Waals surface area contributed by atoms with E-state index in [0.717, 1.165) is 29.8 Å². The van der Waals surface area contributed by atoms with Crippen LogP contribution in [0.15, 0.2) is 89.9 Å². The van der Waals surface area contributed by atoms with Gasteiger partial charge in [-0.2, -0.15) is 0 Å². The van der Waals surface area contributed by atoms with Crippen molar-refractivity contribution in [2.24, 2.45) is 10.9 Å². The second-order valence-electron chi connectivity index (χ2n) is 13.0. The molecule has 1 fully saturated rings. The summed E-state index contributed by atoms with van der Waals surface area (Å²) in [6.07, 6.45) is 18.1. The van der Waals surface area contributed by atoms with Gasteiger partial charge in [-0.1, -0.05) is 151 Å². The third-order valence-electron chi connectivity index (χ3n) is 9.25. The molecule has 46 heavy (non-hydrogen) atoms. The third kappa shape index (κ3) is 9.88. The molecular weight excluding hydrogens is 566 g/mol. The fourth-order valence-electron chi connectivity index (χ4n) is 6.58. The van der Waals surface area contributed by atoms with Crippen molar-refractivity contribution in [1.29, 1.82) is 0 Å². The van der Waals surface area contributed by atoms with E-state index in [1.54, 1.807) is 4.90 Å². The van der Waals surface area contributed by atoms with Gasteiger partial charge in [-0.05, 0) is 36.2 Å². The molecule has 5 nitrogen and oxygen atoms in total. The number of benzene rings is 3. The number of aliphatic imine (C=N–C) groups is 1.